The summed E-state index contributed by atoms with van der Waals surface area (Å²) in [6.07, 6.45) is 2.30. The van der Waals surface area contributed by atoms with E-state index in [4.69, 9.17) is 9.47 Å². The predicted molar refractivity (Wildman–Crippen MR) is 94.5 cm³/mol. The molecule has 128 valence electrons. The molecule has 0 saturated carbocycles. The van der Waals surface area contributed by atoms with E-state index in [1.54, 1.807) is 0 Å². The van der Waals surface area contributed by atoms with E-state index in [1.807, 2.05) is 54.6 Å². The highest BCUT2D eigenvalue weighted by atomic mass is 16.7. The van der Waals surface area contributed by atoms with Gasteiger partial charge in [0.05, 0.1) is 19.3 Å². The molecule has 24 heavy (non-hydrogen) atoms. The van der Waals surface area contributed by atoms with Crippen molar-refractivity contribution in [2.24, 2.45) is 5.92 Å². The molecule has 0 radical (unpaired) electrons. The molecule has 0 aromatic heterocycles. The fourth-order valence-corrected chi connectivity index (χ4v) is 3.49. The van der Waals surface area contributed by atoms with Crippen molar-refractivity contribution in [1.29, 1.82) is 0 Å². The number of hydrogen-bond donors (Lipinski definition) is 1. The van der Waals surface area contributed by atoms with E-state index in [2.05, 4.69) is 13.8 Å². The van der Waals surface area contributed by atoms with Gasteiger partial charge < -0.3 is 14.6 Å². The van der Waals surface area contributed by atoms with Crippen molar-refractivity contribution >= 4 is 0 Å². The van der Waals surface area contributed by atoms with Crippen LogP contribution in [0.4, 0.5) is 0 Å². The van der Waals surface area contributed by atoms with Crippen LogP contribution in [0.15, 0.2) is 54.6 Å². The molecule has 1 heterocycles. The summed E-state index contributed by atoms with van der Waals surface area (Å²) in [5.74, 6) is -0.505. The number of benzene rings is 2. The van der Waals surface area contributed by atoms with Crippen molar-refractivity contribution in [3.05, 3.63) is 71.3 Å². The molecule has 1 aliphatic rings. The van der Waals surface area contributed by atoms with Gasteiger partial charge in [-0.2, -0.15) is 0 Å². The van der Waals surface area contributed by atoms with Crippen molar-refractivity contribution in [1.82, 2.24) is 0 Å². The maximum Gasteiger partial charge on any atom is 0.223 e. The van der Waals surface area contributed by atoms with Gasteiger partial charge in [-0.1, -0.05) is 74.9 Å². The molecule has 1 saturated heterocycles. The highest BCUT2D eigenvalue weighted by Gasteiger charge is 2.47. The van der Waals surface area contributed by atoms with Crippen LogP contribution in [0.1, 0.15) is 43.4 Å². The van der Waals surface area contributed by atoms with Crippen LogP contribution < -0.4 is 0 Å². The number of rotatable bonds is 6. The summed E-state index contributed by atoms with van der Waals surface area (Å²) < 4.78 is 12.8. The Balaban J connectivity index is 2.04. The lowest BCUT2D eigenvalue weighted by molar-refractivity contribution is -0.149. The molecule has 2 aromatic carbocycles. The Morgan fingerprint density at radius 3 is 2.54 bits per heavy atom. The van der Waals surface area contributed by atoms with Crippen LogP contribution in [0.3, 0.4) is 0 Å². The molecule has 0 bridgehead atoms. The molecular weight excluding hydrogens is 300 g/mol. The van der Waals surface area contributed by atoms with Gasteiger partial charge in [0.2, 0.25) is 5.79 Å². The molecule has 3 rings (SSSR count). The summed E-state index contributed by atoms with van der Waals surface area (Å²) in [4.78, 5) is 0. The first-order valence-electron chi connectivity index (χ1n) is 8.77. The summed E-state index contributed by atoms with van der Waals surface area (Å²) in [6, 6.07) is 17.8. The molecular formula is C21H26O3. The first-order valence-corrected chi connectivity index (χ1v) is 8.77. The molecule has 1 aliphatic heterocycles. The van der Waals surface area contributed by atoms with Crippen LogP contribution in [-0.4, -0.2) is 17.8 Å². The Labute approximate surface area is 144 Å². The van der Waals surface area contributed by atoms with Crippen LogP contribution in [0, 0.1) is 5.92 Å². The van der Waals surface area contributed by atoms with E-state index in [0.717, 1.165) is 29.5 Å². The first kappa shape index (κ1) is 17.2. The second kappa shape index (κ2) is 7.47. The average molecular weight is 326 g/mol. The van der Waals surface area contributed by atoms with Crippen LogP contribution >= 0.6 is 0 Å². The number of ether oxygens (including phenoxy) is 2. The molecule has 2 aromatic rings. The number of hydrogen-bond acceptors (Lipinski definition) is 3. The van der Waals surface area contributed by atoms with E-state index in [1.165, 1.54) is 0 Å². The van der Waals surface area contributed by atoms with Gasteiger partial charge in [0.15, 0.2) is 0 Å². The predicted octanol–water partition coefficient (Wildman–Crippen LogP) is 4.23. The monoisotopic (exact) mass is 326 g/mol. The second-order valence-electron chi connectivity index (χ2n) is 6.53. The van der Waals surface area contributed by atoms with Crippen molar-refractivity contribution in [3.63, 3.8) is 0 Å². The maximum atomic E-state index is 9.79. The van der Waals surface area contributed by atoms with Crippen molar-refractivity contribution in [2.45, 2.75) is 45.2 Å². The Hall–Kier alpha value is -1.68. The molecule has 3 unspecified atom stereocenters. The summed E-state index contributed by atoms with van der Waals surface area (Å²) in [5, 5.41) is 9.79. The third-order valence-corrected chi connectivity index (χ3v) is 4.84. The van der Waals surface area contributed by atoms with E-state index < -0.39 is 5.79 Å². The molecule has 1 fully saturated rings. The minimum Gasteiger partial charge on any atom is -0.392 e. The Kier molecular flexibility index (Phi) is 5.34. The maximum absolute atomic E-state index is 9.79. The summed E-state index contributed by atoms with van der Waals surface area (Å²) >= 11 is 0. The topological polar surface area (TPSA) is 38.7 Å². The summed E-state index contributed by atoms with van der Waals surface area (Å²) in [7, 11) is 0. The smallest absolute Gasteiger partial charge is 0.223 e. The van der Waals surface area contributed by atoms with Crippen LogP contribution in [-0.2, 0) is 21.9 Å². The minimum atomic E-state index is -0.937. The summed E-state index contributed by atoms with van der Waals surface area (Å²) in [5.41, 5.74) is 2.70. The summed E-state index contributed by atoms with van der Waals surface area (Å²) in [6.45, 7) is 4.94. The fraction of sp³-hybridized carbons (Fsp3) is 0.429. The van der Waals surface area contributed by atoms with Gasteiger partial charge in [-0.3, -0.25) is 0 Å². The zero-order valence-corrected chi connectivity index (χ0v) is 14.4. The molecule has 1 N–H and O–H groups in total. The zero-order valence-electron chi connectivity index (χ0n) is 14.4. The molecule has 0 spiro atoms. The largest absolute Gasteiger partial charge is 0.392 e. The van der Waals surface area contributed by atoms with Gasteiger partial charge >= 0.3 is 0 Å². The van der Waals surface area contributed by atoms with Crippen molar-refractivity contribution < 1.29 is 14.6 Å². The van der Waals surface area contributed by atoms with Gasteiger partial charge in [0.1, 0.15) is 0 Å². The fourth-order valence-electron chi connectivity index (χ4n) is 3.49. The highest BCUT2D eigenvalue weighted by molar-refractivity contribution is 5.39. The lowest BCUT2D eigenvalue weighted by atomic mass is 9.93. The van der Waals surface area contributed by atoms with Gasteiger partial charge in [-0.15, -0.1) is 0 Å². The Morgan fingerprint density at radius 2 is 1.83 bits per heavy atom. The highest BCUT2D eigenvalue weighted by Crippen LogP contribution is 2.43. The standard InChI is InChI=1S/C21H26O3/c1-3-9-16(2)20-15-23-21(24-20,18-11-5-4-6-12-18)19-13-8-7-10-17(19)14-22/h4-8,10-13,16,20,22H,3,9,14-15H2,1-2H3. The van der Waals surface area contributed by atoms with Crippen LogP contribution in [0.2, 0.25) is 0 Å². The van der Waals surface area contributed by atoms with Crippen LogP contribution in [0.25, 0.3) is 0 Å². The normalized spacial score (nSPS) is 24.9. The van der Waals surface area contributed by atoms with Gasteiger partial charge in [0.25, 0.3) is 0 Å². The Bertz CT molecular complexity index is 655. The third-order valence-electron chi connectivity index (χ3n) is 4.84. The zero-order chi connectivity index (χ0) is 17.0. The van der Waals surface area contributed by atoms with Crippen molar-refractivity contribution in [2.75, 3.05) is 6.61 Å². The first-order chi connectivity index (χ1) is 11.7. The van der Waals surface area contributed by atoms with E-state index in [-0.39, 0.29) is 12.7 Å². The number of aliphatic hydroxyl groups excluding tert-OH is 1. The lowest BCUT2D eigenvalue weighted by Crippen LogP contribution is -2.32. The average Bonchev–Trinajstić information content (AvgIpc) is 3.09. The number of aliphatic hydroxyl groups is 1. The van der Waals surface area contributed by atoms with Gasteiger partial charge in [-0.25, -0.2) is 0 Å². The second-order valence-corrected chi connectivity index (χ2v) is 6.53. The van der Waals surface area contributed by atoms with Crippen molar-refractivity contribution in [3.8, 4) is 0 Å². The quantitative estimate of drug-likeness (QED) is 0.863. The van der Waals surface area contributed by atoms with E-state index in [0.29, 0.717) is 12.5 Å². The van der Waals surface area contributed by atoms with E-state index >= 15 is 0 Å². The lowest BCUT2D eigenvalue weighted by Gasteiger charge is -2.31. The molecule has 3 atom stereocenters. The van der Waals surface area contributed by atoms with Crippen LogP contribution in [0.5, 0.6) is 0 Å². The SMILES string of the molecule is CCCC(C)C1COC(c2ccccc2)(c2ccccc2CO)O1. The third kappa shape index (κ3) is 3.12. The van der Waals surface area contributed by atoms with Gasteiger partial charge in [0, 0.05) is 11.1 Å². The van der Waals surface area contributed by atoms with Gasteiger partial charge in [-0.05, 0) is 17.9 Å². The Morgan fingerprint density at radius 1 is 1.12 bits per heavy atom. The molecule has 0 aliphatic carbocycles. The minimum absolute atomic E-state index is 0.0351. The molecule has 3 heteroatoms. The molecule has 3 nitrogen and oxygen atoms in total. The molecule has 0 amide bonds. The van der Waals surface area contributed by atoms with E-state index in [9.17, 15) is 5.11 Å².